The second-order valence-corrected chi connectivity index (χ2v) is 6.46. The van der Waals surface area contributed by atoms with E-state index in [1.165, 1.54) is 10.4 Å². The van der Waals surface area contributed by atoms with Gasteiger partial charge in [0, 0.05) is 29.6 Å². The van der Waals surface area contributed by atoms with Crippen LogP contribution < -0.4 is 4.74 Å². The zero-order chi connectivity index (χ0) is 15.5. The van der Waals surface area contributed by atoms with Crippen LogP contribution in [0.5, 0.6) is 5.75 Å². The molecule has 0 radical (unpaired) electrons. The number of hydrogen-bond acceptors (Lipinski definition) is 3. The topological polar surface area (TPSA) is 29.5 Å². The molecular formula is C18H19NO2S. The van der Waals surface area contributed by atoms with E-state index in [1.54, 1.807) is 24.5 Å². The second-order valence-electron chi connectivity index (χ2n) is 5.46. The van der Waals surface area contributed by atoms with Gasteiger partial charge in [-0.05, 0) is 48.6 Å². The van der Waals surface area contributed by atoms with Gasteiger partial charge in [0.2, 0.25) is 5.91 Å². The molecule has 1 aromatic heterocycles. The van der Waals surface area contributed by atoms with Crippen LogP contribution in [0, 0.1) is 6.92 Å². The van der Waals surface area contributed by atoms with Crippen molar-refractivity contribution in [3.05, 3.63) is 57.3 Å². The number of nitrogens with zero attached hydrogens (tertiary/aromatic N) is 1. The van der Waals surface area contributed by atoms with E-state index in [4.69, 9.17) is 4.74 Å². The average molecular weight is 313 g/mol. The van der Waals surface area contributed by atoms with Gasteiger partial charge < -0.3 is 9.64 Å². The number of fused-ring (bicyclic) bond motifs is 1. The first-order valence-electron chi connectivity index (χ1n) is 7.34. The average Bonchev–Trinajstić information content (AvgIpc) is 3.00. The molecule has 0 N–H and O–H groups in total. The molecule has 1 aromatic carbocycles. The maximum absolute atomic E-state index is 12.4. The van der Waals surface area contributed by atoms with Crippen molar-refractivity contribution >= 4 is 23.3 Å². The Balaban J connectivity index is 1.73. The van der Waals surface area contributed by atoms with Crippen LogP contribution >= 0.6 is 11.3 Å². The molecule has 0 aliphatic carbocycles. The molecule has 3 rings (SSSR count). The Kier molecular flexibility index (Phi) is 4.29. The fourth-order valence-electron chi connectivity index (χ4n) is 2.69. The second kappa shape index (κ2) is 6.36. The van der Waals surface area contributed by atoms with E-state index in [0.29, 0.717) is 6.54 Å². The first-order valence-corrected chi connectivity index (χ1v) is 8.22. The van der Waals surface area contributed by atoms with E-state index in [9.17, 15) is 4.79 Å². The molecule has 1 amide bonds. The SMILES string of the molecule is COc1ccc(C)cc1C=CC(=O)N1CCc2sccc2C1. The summed E-state index contributed by atoms with van der Waals surface area (Å²) in [4.78, 5) is 15.7. The molecule has 0 saturated carbocycles. The van der Waals surface area contributed by atoms with Crippen LogP contribution in [0.2, 0.25) is 0 Å². The molecule has 1 aliphatic heterocycles. The highest BCUT2D eigenvalue weighted by atomic mass is 32.1. The highest BCUT2D eigenvalue weighted by Gasteiger charge is 2.19. The van der Waals surface area contributed by atoms with E-state index < -0.39 is 0 Å². The van der Waals surface area contributed by atoms with E-state index in [-0.39, 0.29) is 5.91 Å². The monoisotopic (exact) mass is 313 g/mol. The summed E-state index contributed by atoms with van der Waals surface area (Å²) in [5.41, 5.74) is 3.36. The lowest BCUT2D eigenvalue weighted by Crippen LogP contribution is -2.34. The van der Waals surface area contributed by atoms with Crippen molar-refractivity contribution in [3.8, 4) is 5.75 Å². The van der Waals surface area contributed by atoms with Crippen LogP contribution in [0.3, 0.4) is 0 Å². The smallest absolute Gasteiger partial charge is 0.246 e. The molecule has 4 heteroatoms. The first-order chi connectivity index (χ1) is 10.7. The Labute approximate surface area is 134 Å². The molecule has 0 saturated heterocycles. The number of hydrogen-bond donors (Lipinski definition) is 0. The van der Waals surface area contributed by atoms with Crippen molar-refractivity contribution in [2.45, 2.75) is 19.9 Å². The number of amides is 1. The van der Waals surface area contributed by atoms with Gasteiger partial charge in [0.1, 0.15) is 5.75 Å². The normalized spacial score (nSPS) is 14.2. The van der Waals surface area contributed by atoms with Crippen LogP contribution in [0.15, 0.2) is 35.7 Å². The molecule has 3 nitrogen and oxygen atoms in total. The minimum Gasteiger partial charge on any atom is -0.496 e. The molecule has 0 bridgehead atoms. The molecule has 0 unspecified atom stereocenters. The Bertz CT molecular complexity index is 718. The third-order valence-corrected chi connectivity index (χ3v) is 4.93. The van der Waals surface area contributed by atoms with Crippen molar-refractivity contribution in [1.82, 2.24) is 4.90 Å². The molecule has 1 aliphatic rings. The Hall–Kier alpha value is -2.07. The van der Waals surface area contributed by atoms with Crippen molar-refractivity contribution in [2.75, 3.05) is 13.7 Å². The van der Waals surface area contributed by atoms with Crippen LogP contribution in [0.25, 0.3) is 6.08 Å². The van der Waals surface area contributed by atoms with Crippen LogP contribution in [-0.2, 0) is 17.8 Å². The van der Waals surface area contributed by atoms with E-state index >= 15 is 0 Å². The summed E-state index contributed by atoms with van der Waals surface area (Å²) in [7, 11) is 1.65. The van der Waals surface area contributed by atoms with Gasteiger partial charge in [0.15, 0.2) is 0 Å². The van der Waals surface area contributed by atoms with Crippen LogP contribution in [-0.4, -0.2) is 24.5 Å². The van der Waals surface area contributed by atoms with Crippen LogP contribution in [0.4, 0.5) is 0 Å². The number of aryl methyl sites for hydroxylation is 1. The molecular weight excluding hydrogens is 294 g/mol. The van der Waals surface area contributed by atoms with Crippen LogP contribution in [0.1, 0.15) is 21.6 Å². The Morgan fingerprint density at radius 3 is 3.05 bits per heavy atom. The van der Waals surface area contributed by atoms with Gasteiger partial charge in [-0.1, -0.05) is 11.6 Å². The van der Waals surface area contributed by atoms with E-state index in [0.717, 1.165) is 29.8 Å². The van der Waals surface area contributed by atoms with Gasteiger partial charge >= 0.3 is 0 Å². The highest BCUT2D eigenvalue weighted by Crippen LogP contribution is 2.25. The summed E-state index contributed by atoms with van der Waals surface area (Å²) < 4.78 is 5.34. The first kappa shape index (κ1) is 14.9. The largest absolute Gasteiger partial charge is 0.496 e. The number of carbonyl (C=O) groups excluding carboxylic acids is 1. The van der Waals surface area contributed by atoms with E-state index in [2.05, 4.69) is 11.4 Å². The number of thiophene rings is 1. The molecule has 114 valence electrons. The van der Waals surface area contributed by atoms with Crippen molar-refractivity contribution in [1.29, 1.82) is 0 Å². The third kappa shape index (κ3) is 3.07. The fraction of sp³-hybridized carbons (Fsp3) is 0.278. The van der Waals surface area contributed by atoms with Gasteiger partial charge in [-0.15, -0.1) is 11.3 Å². The van der Waals surface area contributed by atoms with Gasteiger partial charge in [-0.2, -0.15) is 0 Å². The van der Waals surface area contributed by atoms with E-state index in [1.807, 2.05) is 36.1 Å². The Morgan fingerprint density at radius 1 is 1.36 bits per heavy atom. The third-order valence-electron chi connectivity index (χ3n) is 3.91. The number of rotatable bonds is 3. The summed E-state index contributed by atoms with van der Waals surface area (Å²) in [6.07, 6.45) is 4.45. The highest BCUT2D eigenvalue weighted by molar-refractivity contribution is 7.10. The predicted octanol–water partition coefficient (Wildman–Crippen LogP) is 3.66. The number of carbonyl (C=O) groups is 1. The summed E-state index contributed by atoms with van der Waals surface area (Å²) >= 11 is 1.78. The molecule has 0 atom stereocenters. The minimum absolute atomic E-state index is 0.0559. The molecule has 0 fully saturated rings. The molecule has 2 heterocycles. The van der Waals surface area contributed by atoms with Crippen molar-refractivity contribution in [2.24, 2.45) is 0 Å². The molecule has 22 heavy (non-hydrogen) atoms. The lowest BCUT2D eigenvalue weighted by atomic mass is 10.1. The number of methoxy groups -OCH3 is 1. The lowest BCUT2D eigenvalue weighted by Gasteiger charge is -2.25. The van der Waals surface area contributed by atoms with Gasteiger partial charge in [0.25, 0.3) is 0 Å². The quantitative estimate of drug-likeness (QED) is 0.809. The Morgan fingerprint density at radius 2 is 2.23 bits per heavy atom. The maximum atomic E-state index is 12.4. The predicted molar refractivity (Wildman–Crippen MR) is 90.2 cm³/mol. The zero-order valence-electron chi connectivity index (χ0n) is 12.8. The maximum Gasteiger partial charge on any atom is 0.246 e. The molecule has 0 spiro atoms. The van der Waals surface area contributed by atoms with Crippen molar-refractivity contribution < 1.29 is 9.53 Å². The fourth-order valence-corrected chi connectivity index (χ4v) is 3.58. The van der Waals surface area contributed by atoms with Gasteiger partial charge in [-0.3, -0.25) is 4.79 Å². The zero-order valence-corrected chi connectivity index (χ0v) is 13.7. The number of ether oxygens (including phenoxy) is 1. The summed E-state index contributed by atoms with van der Waals surface area (Å²) in [5.74, 6) is 0.842. The van der Waals surface area contributed by atoms with Gasteiger partial charge in [0.05, 0.1) is 7.11 Å². The standard InChI is InChI=1S/C18H19NO2S/c1-13-3-5-16(21-2)14(11-13)4-6-18(20)19-9-7-17-15(12-19)8-10-22-17/h3-6,8,10-11H,7,9,12H2,1-2H3. The summed E-state index contributed by atoms with van der Waals surface area (Å²) in [6, 6.07) is 8.07. The molecule has 2 aromatic rings. The summed E-state index contributed by atoms with van der Waals surface area (Å²) in [5, 5.41) is 2.10. The minimum atomic E-state index is 0.0559. The summed E-state index contributed by atoms with van der Waals surface area (Å²) in [6.45, 7) is 3.54. The lowest BCUT2D eigenvalue weighted by molar-refractivity contribution is -0.126. The number of benzene rings is 1. The van der Waals surface area contributed by atoms with Gasteiger partial charge in [-0.25, -0.2) is 0 Å². The van der Waals surface area contributed by atoms with Crippen molar-refractivity contribution in [3.63, 3.8) is 0 Å².